The predicted molar refractivity (Wildman–Crippen MR) is 98.6 cm³/mol. The first-order valence-electron chi connectivity index (χ1n) is 8.78. The van der Waals surface area contributed by atoms with Crippen LogP contribution in [0.1, 0.15) is 81.5 Å². The van der Waals surface area contributed by atoms with Gasteiger partial charge >= 0.3 is 5.97 Å². The number of carbonyl (C=O) groups is 1. The van der Waals surface area contributed by atoms with Crippen molar-refractivity contribution >= 4 is 29.2 Å². The maximum Gasteiger partial charge on any atom is 0.341 e. The molecule has 130 valence electrons. The first-order valence-corrected chi connectivity index (χ1v) is 9.53. The summed E-state index contributed by atoms with van der Waals surface area (Å²) in [7, 11) is 0. The van der Waals surface area contributed by atoms with Gasteiger partial charge in [-0.3, -0.25) is 0 Å². The molecule has 1 aromatic carbocycles. The fraction of sp³-hybridized carbons (Fsp3) is 0.632. The molecule has 0 saturated carbocycles. The van der Waals surface area contributed by atoms with Crippen LogP contribution in [0.4, 0.5) is 0 Å². The summed E-state index contributed by atoms with van der Waals surface area (Å²) in [6, 6.07) is 5.00. The Hall–Kier alpha value is -0.730. The third-order valence-electron chi connectivity index (χ3n) is 3.90. The molecule has 1 rings (SSSR count). The van der Waals surface area contributed by atoms with Gasteiger partial charge < -0.3 is 4.74 Å². The fourth-order valence-corrected chi connectivity index (χ4v) is 3.07. The van der Waals surface area contributed by atoms with Crippen LogP contribution < -0.4 is 0 Å². The summed E-state index contributed by atoms with van der Waals surface area (Å²) in [6.45, 7) is 2.67. The van der Waals surface area contributed by atoms with Crippen LogP contribution in [0, 0.1) is 0 Å². The second-order valence-corrected chi connectivity index (χ2v) is 6.73. The molecule has 0 spiro atoms. The van der Waals surface area contributed by atoms with Gasteiger partial charge in [0.1, 0.15) is 0 Å². The molecule has 0 heterocycles. The summed E-state index contributed by atoms with van der Waals surface area (Å²) in [4.78, 5) is 12.0. The summed E-state index contributed by atoms with van der Waals surface area (Å²) in [6.07, 6.45) is 12.5. The number of benzene rings is 1. The lowest BCUT2D eigenvalue weighted by Crippen LogP contribution is -2.07. The molecule has 0 bridgehead atoms. The summed E-state index contributed by atoms with van der Waals surface area (Å²) >= 11 is 12.0. The van der Waals surface area contributed by atoms with E-state index in [0.717, 1.165) is 12.8 Å². The van der Waals surface area contributed by atoms with Crippen molar-refractivity contribution in [1.82, 2.24) is 0 Å². The van der Waals surface area contributed by atoms with Crippen molar-refractivity contribution < 1.29 is 9.53 Å². The Morgan fingerprint density at radius 3 is 1.87 bits per heavy atom. The highest BCUT2D eigenvalue weighted by Gasteiger charge is 2.15. The molecule has 23 heavy (non-hydrogen) atoms. The Kier molecular flexibility index (Phi) is 11.2. The van der Waals surface area contributed by atoms with E-state index in [-0.39, 0.29) is 5.56 Å². The van der Waals surface area contributed by atoms with Gasteiger partial charge in [-0.2, -0.15) is 0 Å². The number of hydrogen-bond donors (Lipinski definition) is 0. The number of esters is 1. The van der Waals surface area contributed by atoms with Crippen LogP contribution in [-0.2, 0) is 4.74 Å². The molecule has 2 nitrogen and oxygen atoms in total. The van der Waals surface area contributed by atoms with Crippen LogP contribution in [0.15, 0.2) is 18.2 Å². The molecule has 0 aliphatic rings. The molecule has 0 aliphatic heterocycles. The maximum absolute atomic E-state index is 12.0. The van der Waals surface area contributed by atoms with Crippen LogP contribution in [0.2, 0.25) is 10.0 Å². The molecule has 1 aromatic rings. The molecule has 0 amide bonds. The minimum Gasteiger partial charge on any atom is -0.462 e. The normalized spacial score (nSPS) is 10.7. The molecule has 0 fully saturated rings. The molecule has 0 saturated heterocycles. The van der Waals surface area contributed by atoms with Crippen molar-refractivity contribution in [3.63, 3.8) is 0 Å². The van der Waals surface area contributed by atoms with E-state index >= 15 is 0 Å². The number of carbonyl (C=O) groups excluding carboxylic acids is 1. The second kappa shape index (κ2) is 12.7. The molecule has 0 aliphatic carbocycles. The van der Waals surface area contributed by atoms with E-state index < -0.39 is 5.97 Å². The van der Waals surface area contributed by atoms with E-state index in [1.807, 2.05) is 0 Å². The fourth-order valence-electron chi connectivity index (χ4n) is 2.52. The van der Waals surface area contributed by atoms with Gasteiger partial charge in [-0.15, -0.1) is 0 Å². The van der Waals surface area contributed by atoms with Crippen LogP contribution >= 0.6 is 23.2 Å². The summed E-state index contributed by atoms with van der Waals surface area (Å²) < 4.78 is 5.25. The molecule has 0 N–H and O–H groups in total. The molecular weight excluding hydrogens is 331 g/mol. The number of unbranched alkanes of at least 4 members (excludes halogenated alkanes) is 9. The van der Waals surface area contributed by atoms with E-state index in [2.05, 4.69) is 6.92 Å². The van der Waals surface area contributed by atoms with Gasteiger partial charge in [0.2, 0.25) is 0 Å². The minimum atomic E-state index is -0.434. The zero-order chi connectivity index (χ0) is 16.9. The van der Waals surface area contributed by atoms with Crippen LogP contribution in [-0.4, -0.2) is 12.6 Å². The van der Waals surface area contributed by atoms with Gasteiger partial charge in [0, 0.05) is 0 Å². The number of ether oxygens (including phenoxy) is 1. The molecule has 0 aromatic heterocycles. The van der Waals surface area contributed by atoms with Crippen LogP contribution in [0.25, 0.3) is 0 Å². The van der Waals surface area contributed by atoms with Crippen LogP contribution in [0.5, 0.6) is 0 Å². The predicted octanol–water partition coefficient (Wildman–Crippen LogP) is 7.07. The zero-order valence-electron chi connectivity index (χ0n) is 14.1. The number of halogens is 2. The van der Waals surface area contributed by atoms with E-state index in [4.69, 9.17) is 27.9 Å². The lowest BCUT2D eigenvalue weighted by molar-refractivity contribution is 0.0498. The van der Waals surface area contributed by atoms with Crippen molar-refractivity contribution in [1.29, 1.82) is 0 Å². The van der Waals surface area contributed by atoms with Gasteiger partial charge in [-0.05, 0) is 18.6 Å². The smallest absolute Gasteiger partial charge is 0.341 e. The summed E-state index contributed by atoms with van der Waals surface area (Å²) in [5.41, 5.74) is 0.267. The van der Waals surface area contributed by atoms with Crippen molar-refractivity contribution in [3.8, 4) is 0 Å². The molecule has 0 unspecified atom stereocenters. The summed E-state index contributed by atoms with van der Waals surface area (Å²) in [5.74, 6) is -0.434. The monoisotopic (exact) mass is 358 g/mol. The third-order valence-corrected chi connectivity index (χ3v) is 4.53. The zero-order valence-corrected chi connectivity index (χ0v) is 15.6. The average Bonchev–Trinajstić information content (AvgIpc) is 2.52. The first kappa shape index (κ1) is 20.3. The van der Waals surface area contributed by atoms with E-state index in [1.165, 1.54) is 51.4 Å². The lowest BCUT2D eigenvalue weighted by atomic mass is 10.1. The van der Waals surface area contributed by atoms with Gasteiger partial charge in [-0.1, -0.05) is 94.0 Å². The molecule has 0 radical (unpaired) electrons. The second-order valence-electron chi connectivity index (χ2n) is 5.91. The lowest BCUT2D eigenvalue weighted by Gasteiger charge is -2.07. The van der Waals surface area contributed by atoms with E-state index in [1.54, 1.807) is 18.2 Å². The summed E-state index contributed by atoms with van der Waals surface area (Å²) in [5, 5.41) is 0.677. The largest absolute Gasteiger partial charge is 0.462 e. The highest BCUT2D eigenvalue weighted by molar-refractivity contribution is 6.39. The van der Waals surface area contributed by atoms with Gasteiger partial charge in [-0.25, -0.2) is 4.79 Å². The van der Waals surface area contributed by atoms with E-state index in [0.29, 0.717) is 16.7 Å². The highest BCUT2D eigenvalue weighted by Crippen LogP contribution is 2.25. The van der Waals surface area contributed by atoms with E-state index in [9.17, 15) is 4.79 Å². The quantitative estimate of drug-likeness (QED) is 0.295. The topological polar surface area (TPSA) is 26.3 Å². The average molecular weight is 359 g/mol. The third kappa shape index (κ3) is 8.62. The van der Waals surface area contributed by atoms with Crippen molar-refractivity contribution in [2.24, 2.45) is 0 Å². The Labute approximate surface area is 150 Å². The van der Waals surface area contributed by atoms with Gasteiger partial charge in [0.25, 0.3) is 0 Å². The number of rotatable bonds is 12. The van der Waals surface area contributed by atoms with Gasteiger partial charge in [0.05, 0.1) is 22.2 Å². The van der Waals surface area contributed by atoms with Crippen molar-refractivity contribution in [2.75, 3.05) is 6.61 Å². The highest BCUT2D eigenvalue weighted by atomic mass is 35.5. The Morgan fingerprint density at radius 1 is 0.870 bits per heavy atom. The van der Waals surface area contributed by atoms with Gasteiger partial charge in [0.15, 0.2) is 0 Å². The molecular formula is C19H28Cl2O2. The minimum absolute atomic E-state index is 0.267. The Morgan fingerprint density at radius 2 is 1.35 bits per heavy atom. The van der Waals surface area contributed by atoms with Crippen molar-refractivity contribution in [3.05, 3.63) is 33.8 Å². The SMILES string of the molecule is CCCCCCCCCCCCOC(=O)c1c(Cl)cccc1Cl. The van der Waals surface area contributed by atoms with Crippen molar-refractivity contribution in [2.45, 2.75) is 71.1 Å². The first-order chi connectivity index (χ1) is 11.2. The van der Waals surface area contributed by atoms with Crippen LogP contribution in [0.3, 0.4) is 0 Å². The standard InChI is InChI=1S/C19H28Cl2O2/c1-2-3-4-5-6-7-8-9-10-11-15-23-19(22)18-16(20)13-12-14-17(18)21/h12-14H,2-11,15H2,1H3. The number of hydrogen-bond acceptors (Lipinski definition) is 2. The maximum atomic E-state index is 12.0. The Balaban J connectivity index is 2.04. The molecule has 4 heteroatoms. The Bertz CT molecular complexity index is 440. The molecule has 0 atom stereocenters.